The van der Waals surface area contributed by atoms with E-state index >= 15 is 0 Å². The van der Waals surface area contributed by atoms with E-state index in [2.05, 4.69) is 9.72 Å². The van der Waals surface area contributed by atoms with Crippen molar-refractivity contribution < 1.29 is 27.1 Å². The SMILES string of the molecule is O=Cc1cc(F)nc(OC(F)(F)F)c1. The topological polar surface area (TPSA) is 39.2 Å². The Kier molecular flexibility index (Phi) is 2.68. The molecule has 0 aromatic carbocycles. The Morgan fingerprint density at radius 3 is 2.50 bits per heavy atom. The molecule has 0 N–H and O–H groups in total. The normalized spacial score (nSPS) is 11.1. The van der Waals surface area contributed by atoms with Crippen LogP contribution in [0.25, 0.3) is 0 Å². The standard InChI is InChI=1S/C7H3F4NO2/c8-5-1-4(3-13)2-6(12-5)14-7(9,10)11/h1-3H. The summed E-state index contributed by atoms with van der Waals surface area (Å²) >= 11 is 0. The van der Waals surface area contributed by atoms with Crippen LogP contribution >= 0.6 is 0 Å². The van der Waals surface area contributed by atoms with E-state index in [-0.39, 0.29) is 11.8 Å². The Morgan fingerprint density at radius 1 is 1.36 bits per heavy atom. The summed E-state index contributed by atoms with van der Waals surface area (Å²) in [5.74, 6) is -2.21. The van der Waals surface area contributed by atoms with Crippen molar-refractivity contribution in [2.24, 2.45) is 0 Å². The van der Waals surface area contributed by atoms with Crippen LogP contribution in [0.5, 0.6) is 5.88 Å². The maximum absolute atomic E-state index is 12.5. The van der Waals surface area contributed by atoms with E-state index in [0.717, 1.165) is 0 Å². The van der Waals surface area contributed by atoms with Crippen LogP contribution in [-0.4, -0.2) is 17.6 Å². The van der Waals surface area contributed by atoms with Crippen LogP contribution in [0.1, 0.15) is 10.4 Å². The first-order valence-electron chi connectivity index (χ1n) is 3.29. The summed E-state index contributed by atoms with van der Waals surface area (Å²) in [4.78, 5) is 12.9. The van der Waals surface area contributed by atoms with Crippen LogP contribution in [-0.2, 0) is 0 Å². The van der Waals surface area contributed by atoms with Crippen LogP contribution in [0.4, 0.5) is 17.6 Å². The largest absolute Gasteiger partial charge is 0.574 e. The van der Waals surface area contributed by atoms with Gasteiger partial charge in [0.15, 0.2) is 0 Å². The van der Waals surface area contributed by atoms with Crippen molar-refractivity contribution in [3.63, 3.8) is 0 Å². The van der Waals surface area contributed by atoms with Gasteiger partial charge in [0.1, 0.15) is 6.29 Å². The van der Waals surface area contributed by atoms with Gasteiger partial charge in [0.25, 0.3) is 0 Å². The highest BCUT2D eigenvalue weighted by Crippen LogP contribution is 2.21. The molecule has 0 saturated carbocycles. The molecule has 1 heterocycles. The second-order valence-electron chi connectivity index (χ2n) is 2.23. The van der Waals surface area contributed by atoms with E-state index in [0.29, 0.717) is 12.1 Å². The van der Waals surface area contributed by atoms with E-state index in [9.17, 15) is 22.4 Å². The molecule has 7 heteroatoms. The maximum Gasteiger partial charge on any atom is 0.574 e. The van der Waals surface area contributed by atoms with Gasteiger partial charge >= 0.3 is 6.36 Å². The van der Waals surface area contributed by atoms with E-state index in [1.54, 1.807) is 0 Å². The highest BCUT2D eigenvalue weighted by Gasteiger charge is 2.32. The fraction of sp³-hybridized carbons (Fsp3) is 0.143. The van der Waals surface area contributed by atoms with Gasteiger partial charge in [-0.1, -0.05) is 0 Å². The molecule has 1 aromatic rings. The van der Waals surface area contributed by atoms with Crippen LogP contribution < -0.4 is 4.74 Å². The smallest absolute Gasteiger partial charge is 0.388 e. The first-order chi connectivity index (χ1) is 6.40. The predicted octanol–water partition coefficient (Wildman–Crippen LogP) is 1.93. The van der Waals surface area contributed by atoms with Gasteiger partial charge in [-0.3, -0.25) is 4.79 Å². The minimum atomic E-state index is -4.96. The molecule has 0 bridgehead atoms. The summed E-state index contributed by atoms with van der Waals surface area (Å²) in [7, 11) is 0. The van der Waals surface area contributed by atoms with Gasteiger partial charge in [0, 0.05) is 17.7 Å². The molecule has 76 valence electrons. The molecule has 0 radical (unpaired) electrons. The Balaban J connectivity index is 2.98. The van der Waals surface area contributed by atoms with E-state index in [1.807, 2.05) is 0 Å². The second-order valence-corrected chi connectivity index (χ2v) is 2.23. The van der Waals surface area contributed by atoms with Crippen LogP contribution in [0.15, 0.2) is 12.1 Å². The van der Waals surface area contributed by atoms with Gasteiger partial charge in [-0.15, -0.1) is 13.2 Å². The predicted molar refractivity (Wildman–Crippen MR) is 36.3 cm³/mol. The van der Waals surface area contributed by atoms with Gasteiger partial charge in [0.2, 0.25) is 11.8 Å². The number of nitrogens with zero attached hydrogens (tertiary/aromatic N) is 1. The number of hydrogen-bond donors (Lipinski definition) is 0. The third-order valence-electron chi connectivity index (χ3n) is 1.15. The summed E-state index contributed by atoms with van der Waals surface area (Å²) in [6.07, 6.45) is -4.77. The van der Waals surface area contributed by atoms with Crippen LogP contribution in [0.3, 0.4) is 0 Å². The minimum absolute atomic E-state index is 0.188. The lowest BCUT2D eigenvalue weighted by molar-refractivity contribution is -0.276. The Hall–Kier alpha value is -1.66. The third kappa shape index (κ3) is 3.00. The molecule has 0 spiro atoms. The molecule has 0 amide bonds. The Bertz CT molecular complexity index is 350. The molecule has 0 aliphatic heterocycles. The molecule has 14 heavy (non-hydrogen) atoms. The molecule has 0 fully saturated rings. The van der Waals surface area contributed by atoms with Gasteiger partial charge in [-0.05, 0) is 0 Å². The van der Waals surface area contributed by atoms with Crippen molar-refractivity contribution in [2.75, 3.05) is 0 Å². The zero-order chi connectivity index (χ0) is 10.8. The molecular weight excluding hydrogens is 206 g/mol. The highest BCUT2D eigenvalue weighted by atomic mass is 19.4. The number of hydrogen-bond acceptors (Lipinski definition) is 3. The summed E-state index contributed by atoms with van der Waals surface area (Å²) in [6.45, 7) is 0. The molecule has 3 nitrogen and oxygen atoms in total. The third-order valence-corrected chi connectivity index (χ3v) is 1.15. The molecular formula is C7H3F4NO2. The summed E-state index contributed by atoms with van der Waals surface area (Å²) in [6, 6.07) is 1.37. The molecule has 0 unspecified atom stereocenters. The fourth-order valence-corrected chi connectivity index (χ4v) is 0.730. The Morgan fingerprint density at radius 2 is 2.00 bits per heavy atom. The number of pyridine rings is 1. The second kappa shape index (κ2) is 3.60. The van der Waals surface area contributed by atoms with Gasteiger partial charge < -0.3 is 4.74 Å². The van der Waals surface area contributed by atoms with E-state index in [4.69, 9.17) is 0 Å². The van der Waals surface area contributed by atoms with Crippen molar-refractivity contribution in [3.05, 3.63) is 23.6 Å². The summed E-state index contributed by atoms with van der Waals surface area (Å²) < 4.78 is 50.7. The van der Waals surface area contributed by atoms with Gasteiger partial charge in [0.05, 0.1) is 0 Å². The lowest BCUT2D eigenvalue weighted by Crippen LogP contribution is -2.18. The maximum atomic E-state index is 12.5. The van der Waals surface area contributed by atoms with Crippen LogP contribution in [0, 0.1) is 5.95 Å². The number of carbonyl (C=O) groups excluding carboxylic acids is 1. The van der Waals surface area contributed by atoms with Gasteiger partial charge in [-0.25, -0.2) is 0 Å². The van der Waals surface area contributed by atoms with Crippen molar-refractivity contribution in [2.45, 2.75) is 6.36 Å². The van der Waals surface area contributed by atoms with Gasteiger partial charge in [-0.2, -0.15) is 9.37 Å². The summed E-state index contributed by atoms with van der Waals surface area (Å²) in [5.41, 5.74) is -0.281. The number of ether oxygens (including phenoxy) is 1. The lowest BCUT2D eigenvalue weighted by atomic mass is 10.3. The monoisotopic (exact) mass is 209 g/mol. The first-order valence-corrected chi connectivity index (χ1v) is 3.29. The quantitative estimate of drug-likeness (QED) is 0.424. The molecule has 0 aliphatic carbocycles. The number of aldehydes is 1. The minimum Gasteiger partial charge on any atom is -0.388 e. The highest BCUT2D eigenvalue weighted by molar-refractivity contribution is 5.74. The number of aromatic nitrogens is 1. The van der Waals surface area contributed by atoms with Crippen molar-refractivity contribution >= 4 is 6.29 Å². The molecule has 1 rings (SSSR count). The van der Waals surface area contributed by atoms with Crippen molar-refractivity contribution in [1.82, 2.24) is 4.98 Å². The average molecular weight is 209 g/mol. The van der Waals surface area contributed by atoms with E-state index in [1.165, 1.54) is 0 Å². The zero-order valence-corrected chi connectivity index (χ0v) is 6.51. The first kappa shape index (κ1) is 10.4. The van der Waals surface area contributed by atoms with Crippen LogP contribution in [0.2, 0.25) is 0 Å². The number of rotatable bonds is 2. The van der Waals surface area contributed by atoms with Crippen molar-refractivity contribution in [3.8, 4) is 5.88 Å². The van der Waals surface area contributed by atoms with Crippen molar-refractivity contribution in [1.29, 1.82) is 0 Å². The summed E-state index contributed by atoms with van der Waals surface area (Å²) in [5, 5.41) is 0. The lowest BCUT2D eigenvalue weighted by Gasteiger charge is -2.07. The zero-order valence-electron chi connectivity index (χ0n) is 6.51. The number of alkyl halides is 3. The number of carbonyl (C=O) groups is 1. The molecule has 1 aromatic heterocycles. The Labute approximate surface area is 75.3 Å². The fourth-order valence-electron chi connectivity index (χ4n) is 0.730. The number of halogens is 4. The van der Waals surface area contributed by atoms with E-state index < -0.39 is 18.2 Å². The average Bonchev–Trinajstić information content (AvgIpc) is 1.99. The molecule has 0 saturated heterocycles. The molecule has 0 aliphatic rings. The molecule has 0 atom stereocenters.